The number of carbonyl (C=O) groups excluding carboxylic acids is 1. The van der Waals surface area contributed by atoms with Gasteiger partial charge in [-0.1, -0.05) is 33.3 Å². The Bertz CT molecular complexity index is 883. The van der Waals surface area contributed by atoms with E-state index in [1.54, 1.807) is 17.1 Å². The Labute approximate surface area is 134 Å². The molecule has 0 aliphatic carbocycles. The van der Waals surface area contributed by atoms with Gasteiger partial charge in [0.05, 0.1) is 23.6 Å². The number of hydrogen-bond donors (Lipinski definition) is 0. The van der Waals surface area contributed by atoms with Gasteiger partial charge < -0.3 is 0 Å². The molecule has 108 valence electrons. The van der Waals surface area contributed by atoms with Gasteiger partial charge in [-0.15, -0.1) is 5.10 Å². The first-order valence-electron chi connectivity index (χ1n) is 6.48. The summed E-state index contributed by atoms with van der Waals surface area (Å²) in [5, 5.41) is 17.7. The number of rotatable bonds is 4. The summed E-state index contributed by atoms with van der Waals surface area (Å²) in [5.74, 6) is -0.0760. The van der Waals surface area contributed by atoms with Crippen LogP contribution in [0.5, 0.6) is 0 Å². The monoisotopic (exact) mass is 355 g/mol. The predicted octanol–water partition coefficient (Wildman–Crippen LogP) is 2.32. The van der Waals surface area contributed by atoms with E-state index >= 15 is 0 Å². The summed E-state index contributed by atoms with van der Waals surface area (Å²) in [7, 11) is 0. The first-order valence-corrected chi connectivity index (χ1v) is 7.60. The van der Waals surface area contributed by atoms with E-state index in [1.807, 2.05) is 24.3 Å². The molecular formula is C15H10BrN5O. The molecule has 1 aromatic carbocycles. The lowest BCUT2D eigenvalue weighted by atomic mass is 10.0. The number of nitrogens with zero attached hydrogens (tertiary/aromatic N) is 5. The summed E-state index contributed by atoms with van der Waals surface area (Å²) in [5.41, 5.74) is 2.33. The fourth-order valence-electron chi connectivity index (χ4n) is 2.24. The van der Waals surface area contributed by atoms with E-state index in [4.69, 9.17) is 5.26 Å². The van der Waals surface area contributed by atoms with E-state index in [2.05, 4.69) is 31.2 Å². The molecule has 0 amide bonds. The van der Waals surface area contributed by atoms with Crippen LogP contribution in [-0.2, 0) is 6.54 Å². The molecule has 0 saturated heterocycles. The number of Topliss-reactive ketones (excluding diaryl/α,β-unsaturated/α-hetero) is 1. The summed E-state index contributed by atoms with van der Waals surface area (Å²) in [6.45, 7) is 0.552. The van der Waals surface area contributed by atoms with Crippen LogP contribution in [0.3, 0.4) is 0 Å². The molecule has 22 heavy (non-hydrogen) atoms. The third kappa shape index (κ3) is 2.73. The minimum absolute atomic E-state index is 0.0760. The normalized spacial score (nSPS) is 10.5. The standard InChI is InChI=1S/C15H10BrN5O/c16-7-15(22)13-6-11(8-17)19-14-5-10(1-2-12(13)14)9-21-4-3-18-20-21/h1-6H,7,9H2. The largest absolute Gasteiger partial charge is 0.293 e. The highest BCUT2D eigenvalue weighted by atomic mass is 79.9. The second-order valence-electron chi connectivity index (χ2n) is 4.68. The molecule has 0 atom stereocenters. The van der Waals surface area contributed by atoms with E-state index in [0.717, 1.165) is 10.9 Å². The zero-order valence-electron chi connectivity index (χ0n) is 11.4. The smallest absolute Gasteiger partial charge is 0.174 e. The van der Waals surface area contributed by atoms with Crippen LogP contribution in [-0.4, -0.2) is 31.1 Å². The number of hydrogen-bond acceptors (Lipinski definition) is 5. The minimum atomic E-state index is -0.0760. The highest BCUT2D eigenvalue weighted by molar-refractivity contribution is 9.09. The fourth-order valence-corrected chi connectivity index (χ4v) is 2.54. The third-order valence-electron chi connectivity index (χ3n) is 3.23. The molecule has 0 aliphatic rings. The Morgan fingerprint density at radius 2 is 2.23 bits per heavy atom. The molecule has 0 saturated carbocycles. The van der Waals surface area contributed by atoms with Crippen molar-refractivity contribution in [2.75, 3.05) is 5.33 Å². The maximum atomic E-state index is 12.0. The summed E-state index contributed by atoms with van der Waals surface area (Å²) in [6.07, 6.45) is 3.38. The van der Waals surface area contributed by atoms with Crippen molar-refractivity contribution < 1.29 is 4.79 Å². The van der Waals surface area contributed by atoms with Crippen LogP contribution in [0.1, 0.15) is 21.6 Å². The van der Waals surface area contributed by atoms with Crippen molar-refractivity contribution in [2.24, 2.45) is 0 Å². The third-order valence-corrected chi connectivity index (χ3v) is 3.74. The molecule has 0 bridgehead atoms. The van der Waals surface area contributed by atoms with Gasteiger partial charge in [0.25, 0.3) is 0 Å². The van der Waals surface area contributed by atoms with Gasteiger partial charge in [-0.25, -0.2) is 9.67 Å². The lowest BCUT2D eigenvalue weighted by Gasteiger charge is -2.07. The van der Waals surface area contributed by atoms with Crippen molar-refractivity contribution in [3.8, 4) is 6.07 Å². The molecule has 3 rings (SSSR count). The number of benzene rings is 1. The summed E-state index contributed by atoms with van der Waals surface area (Å²) in [4.78, 5) is 16.3. The maximum absolute atomic E-state index is 12.0. The van der Waals surface area contributed by atoms with Crippen LogP contribution in [0.2, 0.25) is 0 Å². The second kappa shape index (κ2) is 6.03. The Kier molecular flexibility index (Phi) is 3.94. The Morgan fingerprint density at radius 1 is 1.36 bits per heavy atom. The van der Waals surface area contributed by atoms with E-state index in [9.17, 15) is 4.79 Å². The molecule has 2 aromatic heterocycles. The van der Waals surface area contributed by atoms with Crippen molar-refractivity contribution in [3.05, 3.63) is 53.5 Å². The first kappa shape index (κ1) is 14.4. The van der Waals surface area contributed by atoms with E-state index in [1.165, 1.54) is 6.07 Å². The number of halogens is 1. The SMILES string of the molecule is N#Cc1cc(C(=O)CBr)c2ccc(Cn3ccnn3)cc2n1. The van der Waals surface area contributed by atoms with E-state index in [0.29, 0.717) is 17.6 Å². The van der Waals surface area contributed by atoms with Gasteiger partial charge in [0, 0.05) is 17.1 Å². The average molecular weight is 356 g/mol. The molecular weight excluding hydrogens is 346 g/mol. The molecule has 0 N–H and O–H groups in total. The number of nitriles is 1. The minimum Gasteiger partial charge on any atom is -0.293 e. The van der Waals surface area contributed by atoms with Gasteiger partial charge >= 0.3 is 0 Å². The fraction of sp³-hybridized carbons (Fsp3) is 0.133. The van der Waals surface area contributed by atoms with Crippen LogP contribution >= 0.6 is 15.9 Å². The zero-order valence-corrected chi connectivity index (χ0v) is 13.0. The van der Waals surface area contributed by atoms with E-state index in [-0.39, 0.29) is 16.8 Å². The summed E-state index contributed by atoms with van der Waals surface area (Å²) < 4.78 is 1.69. The number of pyridine rings is 1. The molecule has 0 radical (unpaired) electrons. The topological polar surface area (TPSA) is 84.5 Å². The molecule has 0 aliphatic heterocycles. The lowest BCUT2D eigenvalue weighted by Crippen LogP contribution is -2.05. The van der Waals surface area contributed by atoms with Crippen molar-refractivity contribution in [2.45, 2.75) is 6.54 Å². The van der Waals surface area contributed by atoms with E-state index < -0.39 is 0 Å². The number of carbonyl (C=O) groups is 1. The van der Waals surface area contributed by atoms with Crippen LogP contribution in [0.4, 0.5) is 0 Å². The van der Waals surface area contributed by atoms with Gasteiger partial charge in [-0.2, -0.15) is 5.26 Å². The number of aromatic nitrogens is 4. The Morgan fingerprint density at radius 3 is 2.91 bits per heavy atom. The first-order chi connectivity index (χ1) is 10.7. The molecule has 0 spiro atoms. The van der Waals surface area contributed by atoms with Crippen LogP contribution in [0, 0.1) is 11.3 Å². The molecule has 0 unspecified atom stereocenters. The molecule has 0 fully saturated rings. The van der Waals surface area contributed by atoms with Gasteiger partial charge in [0.2, 0.25) is 0 Å². The molecule has 2 heterocycles. The van der Waals surface area contributed by atoms with Gasteiger partial charge in [0.1, 0.15) is 11.8 Å². The lowest BCUT2D eigenvalue weighted by molar-refractivity contribution is 0.102. The van der Waals surface area contributed by atoms with Gasteiger partial charge in [-0.3, -0.25) is 4.79 Å². The summed E-state index contributed by atoms with van der Waals surface area (Å²) >= 11 is 3.17. The highest BCUT2D eigenvalue weighted by Crippen LogP contribution is 2.21. The predicted molar refractivity (Wildman–Crippen MR) is 83.7 cm³/mol. The van der Waals surface area contributed by atoms with Crippen molar-refractivity contribution in [3.63, 3.8) is 0 Å². The van der Waals surface area contributed by atoms with Gasteiger partial charge in [0.15, 0.2) is 5.78 Å². The zero-order chi connectivity index (χ0) is 15.5. The Hall–Kier alpha value is -2.59. The summed E-state index contributed by atoms with van der Waals surface area (Å²) in [6, 6.07) is 9.16. The average Bonchev–Trinajstić information content (AvgIpc) is 3.05. The number of ketones is 1. The quantitative estimate of drug-likeness (QED) is 0.529. The van der Waals surface area contributed by atoms with Crippen LogP contribution in [0.25, 0.3) is 10.9 Å². The number of alkyl halides is 1. The Balaban J connectivity index is 2.11. The molecule has 6 nitrogen and oxygen atoms in total. The van der Waals surface area contributed by atoms with Crippen LogP contribution in [0.15, 0.2) is 36.7 Å². The van der Waals surface area contributed by atoms with Gasteiger partial charge in [-0.05, 0) is 17.7 Å². The maximum Gasteiger partial charge on any atom is 0.174 e. The molecule has 7 heteroatoms. The molecule has 3 aromatic rings. The van der Waals surface area contributed by atoms with Crippen molar-refractivity contribution in [1.82, 2.24) is 20.0 Å². The number of fused-ring (bicyclic) bond motifs is 1. The van der Waals surface area contributed by atoms with Crippen LogP contribution < -0.4 is 0 Å². The van der Waals surface area contributed by atoms with Crippen molar-refractivity contribution in [1.29, 1.82) is 5.26 Å². The second-order valence-corrected chi connectivity index (χ2v) is 5.24. The highest BCUT2D eigenvalue weighted by Gasteiger charge is 2.12. The van der Waals surface area contributed by atoms with Crippen molar-refractivity contribution >= 4 is 32.6 Å².